The lowest BCUT2D eigenvalue weighted by molar-refractivity contribution is -0.137. The first kappa shape index (κ1) is 28.7. The van der Waals surface area contributed by atoms with Gasteiger partial charge in [-0.2, -0.15) is 4.98 Å². The van der Waals surface area contributed by atoms with E-state index in [1.165, 1.54) is 6.92 Å². The van der Waals surface area contributed by atoms with Crippen molar-refractivity contribution < 1.29 is 14.7 Å². The van der Waals surface area contributed by atoms with E-state index in [2.05, 4.69) is 25.1 Å². The van der Waals surface area contributed by atoms with Crippen LogP contribution in [0.3, 0.4) is 0 Å². The zero-order valence-corrected chi connectivity index (χ0v) is 23.9. The number of piperazine rings is 1. The first-order chi connectivity index (χ1) is 19.8. The van der Waals surface area contributed by atoms with Gasteiger partial charge in [0.15, 0.2) is 5.78 Å². The molecule has 0 unspecified atom stereocenters. The highest BCUT2D eigenvalue weighted by molar-refractivity contribution is 5.99. The van der Waals surface area contributed by atoms with E-state index in [1.807, 2.05) is 18.3 Å². The maximum absolute atomic E-state index is 13.4. The zero-order chi connectivity index (χ0) is 28.9. The third-order valence-corrected chi connectivity index (χ3v) is 8.34. The highest BCUT2D eigenvalue weighted by Gasteiger charge is 2.26. The van der Waals surface area contributed by atoms with Gasteiger partial charge in [0.05, 0.1) is 17.4 Å². The van der Waals surface area contributed by atoms with E-state index >= 15 is 0 Å². The van der Waals surface area contributed by atoms with Crippen LogP contribution >= 0.6 is 0 Å². The number of Topliss-reactive ketones (excluding diaryl/α,β-unsaturated/α-hetero) is 1. The fourth-order valence-electron chi connectivity index (χ4n) is 6.09. The number of nitrogens with one attached hydrogen (secondary N) is 1. The lowest BCUT2D eigenvalue weighted by atomic mass is 10.0. The number of aliphatic carboxylic acids is 1. The number of unbranched alkanes of at least 4 members (excludes halogenated alkanes) is 2. The second kappa shape index (κ2) is 12.8. The van der Waals surface area contributed by atoms with Gasteiger partial charge in [-0.05, 0) is 63.8 Å². The van der Waals surface area contributed by atoms with E-state index in [-0.39, 0.29) is 29.4 Å². The normalized spacial score (nSPS) is 16.4. The van der Waals surface area contributed by atoms with Crippen LogP contribution in [0.5, 0.6) is 0 Å². The molecular weight excluding hydrogens is 522 g/mol. The molecule has 218 valence electrons. The summed E-state index contributed by atoms with van der Waals surface area (Å²) < 4.78 is 1.71. The van der Waals surface area contributed by atoms with Gasteiger partial charge < -0.3 is 15.3 Å². The maximum Gasteiger partial charge on any atom is 0.303 e. The first-order valence-electron chi connectivity index (χ1n) is 14.7. The van der Waals surface area contributed by atoms with Gasteiger partial charge in [-0.1, -0.05) is 19.3 Å². The molecule has 0 aromatic carbocycles. The molecule has 5 rings (SSSR count). The van der Waals surface area contributed by atoms with E-state index in [4.69, 9.17) is 10.1 Å². The number of carboxylic acids is 1. The average molecular weight is 562 g/mol. The molecule has 0 atom stereocenters. The molecule has 4 heterocycles. The number of fused-ring (bicyclic) bond motifs is 1. The Labute approximate surface area is 239 Å². The summed E-state index contributed by atoms with van der Waals surface area (Å²) in [5.74, 6) is 0.0145. The summed E-state index contributed by atoms with van der Waals surface area (Å²) in [6.07, 6.45) is 10.4. The molecule has 11 heteroatoms. The molecule has 1 saturated heterocycles. The molecule has 2 N–H and O–H groups in total. The number of pyridine rings is 2. The van der Waals surface area contributed by atoms with Crippen molar-refractivity contribution in [1.29, 1.82) is 0 Å². The summed E-state index contributed by atoms with van der Waals surface area (Å²) in [5, 5.41) is 12.7. The number of nitrogens with zero attached hydrogens (tertiary/aromatic N) is 6. The van der Waals surface area contributed by atoms with Crippen molar-refractivity contribution in [3.8, 4) is 0 Å². The molecule has 41 heavy (non-hydrogen) atoms. The first-order valence-corrected chi connectivity index (χ1v) is 14.7. The summed E-state index contributed by atoms with van der Waals surface area (Å²) in [5.41, 5.74) is 2.19. The van der Waals surface area contributed by atoms with Gasteiger partial charge in [0.2, 0.25) is 5.95 Å². The second-order valence-electron chi connectivity index (χ2n) is 11.2. The maximum atomic E-state index is 13.4. The largest absolute Gasteiger partial charge is 0.481 e. The number of aryl methyl sites for hydroxylation is 1. The molecule has 11 nitrogen and oxygen atoms in total. The minimum atomic E-state index is -0.720. The predicted molar refractivity (Wildman–Crippen MR) is 158 cm³/mol. The average Bonchev–Trinajstić information content (AvgIpc) is 3.48. The Morgan fingerprint density at radius 3 is 2.44 bits per heavy atom. The molecule has 1 aliphatic heterocycles. The number of carboxylic acid groups (broad SMARTS) is 1. The van der Waals surface area contributed by atoms with E-state index in [0.717, 1.165) is 88.7 Å². The van der Waals surface area contributed by atoms with Crippen LogP contribution in [-0.4, -0.2) is 74.0 Å². The van der Waals surface area contributed by atoms with Crippen LogP contribution in [0, 0.1) is 6.92 Å². The summed E-state index contributed by atoms with van der Waals surface area (Å²) in [4.78, 5) is 55.0. The number of carbonyl (C=O) groups is 2. The van der Waals surface area contributed by atoms with Crippen LogP contribution in [0.2, 0.25) is 0 Å². The van der Waals surface area contributed by atoms with Gasteiger partial charge in [0.25, 0.3) is 5.56 Å². The second-order valence-corrected chi connectivity index (χ2v) is 11.2. The van der Waals surface area contributed by atoms with Gasteiger partial charge in [0, 0.05) is 50.2 Å². The Balaban J connectivity index is 1.25. The van der Waals surface area contributed by atoms with Gasteiger partial charge in [0.1, 0.15) is 11.5 Å². The fourth-order valence-corrected chi connectivity index (χ4v) is 6.09. The van der Waals surface area contributed by atoms with E-state index in [0.29, 0.717) is 23.0 Å². The van der Waals surface area contributed by atoms with Crippen LogP contribution < -0.4 is 15.8 Å². The molecule has 0 radical (unpaired) electrons. The summed E-state index contributed by atoms with van der Waals surface area (Å²) in [6, 6.07) is 3.97. The van der Waals surface area contributed by atoms with Gasteiger partial charge in [-0.3, -0.25) is 23.9 Å². The van der Waals surface area contributed by atoms with Gasteiger partial charge in [-0.15, -0.1) is 0 Å². The van der Waals surface area contributed by atoms with Crippen molar-refractivity contribution in [2.24, 2.45) is 0 Å². The number of ketones is 1. The molecule has 2 aliphatic rings. The Kier molecular flexibility index (Phi) is 8.92. The van der Waals surface area contributed by atoms with Crippen LogP contribution in [-0.2, 0) is 4.79 Å². The number of anilines is 3. The number of rotatable bonds is 11. The van der Waals surface area contributed by atoms with Crippen molar-refractivity contribution in [2.75, 3.05) is 42.9 Å². The SMILES string of the molecule is CC(=O)c1c(C)c2cnc(Nc3ccc(N4CCN(CCCCCC(=O)O)CC4)cn3)nc2n(C2CCCC2)c1=O. The minimum absolute atomic E-state index is 0.0289. The Bertz CT molecular complexity index is 1460. The van der Waals surface area contributed by atoms with Crippen molar-refractivity contribution in [1.82, 2.24) is 24.4 Å². The molecule has 0 amide bonds. The monoisotopic (exact) mass is 561 g/mol. The molecule has 3 aromatic heterocycles. The molecular formula is C30H39N7O4. The molecule has 0 spiro atoms. The highest BCUT2D eigenvalue weighted by atomic mass is 16.4. The quantitative estimate of drug-likeness (QED) is 0.257. The number of carbonyl (C=O) groups excluding carboxylic acids is 1. The standard InChI is InChI=1S/C30H39N7O4/c1-20-24-19-32-30(34-28(24)37(22-8-5-6-9-22)29(41)27(20)21(2)38)33-25-12-11-23(18-31-25)36-16-14-35(15-17-36)13-7-3-4-10-26(39)40/h11-12,18-19,22H,3-10,13-17H2,1-2H3,(H,39,40)(H,31,32,33,34). The third kappa shape index (κ3) is 6.56. The Morgan fingerprint density at radius 2 is 1.78 bits per heavy atom. The predicted octanol–water partition coefficient (Wildman–Crippen LogP) is 4.32. The Morgan fingerprint density at radius 1 is 1.02 bits per heavy atom. The van der Waals surface area contributed by atoms with E-state index < -0.39 is 5.97 Å². The molecule has 3 aromatic rings. The van der Waals surface area contributed by atoms with Gasteiger partial charge >= 0.3 is 5.97 Å². The van der Waals surface area contributed by atoms with Crippen molar-refractivity contribution in [3.63, 3.8) is 0 Å². The molecule has 1 aliphatic carbocycles. The van der Waals surface area contributed by atoms with Crippen molar-refractivity contribution in [3.05, 3.63) is 46.0 Å². The van der Waals surface area contributed by atoms with E-state index in [1.54, 1.807) is 17.7 Å². The van der Waals surface area contributed by atoms with Crippen molar-refractivity contribution >= 4 is 40.2 Å². The summed E-state index contributed by atoms with van der Waals surface area (Å²) in [6.45, 7) is 8.00. The number of hydrogen-bond acceptors (Lipinski definition) is 9. The number of aromatic nitrogens is 4. The highest BCUT2D eigenvalue weighted by Crippen LogP contribution is 2.32. The third-order valence-electron chi connectivity index (χ3n) is 8.34. The zero-order valence-electron chi connectivity index (χ0n) is 23.9. The van der Waals surface area contributed by atoms with Crippen molar-refractivity contribution in [2.45, 2.75) is 71.3 Å². The summed E-state index contributed by atoms with van der Waals surface area (Å²) >= 11 is 0. The number of hydrogen-bond donors (Lipinski definition) is 2. The van der Waals surface area contributed by atoms with Crippen LogP contribution in [0.1, 0.15) is 80.3 Å². The smallest absolute Gasteiger partial charge is 0.303 e. The minimum Gasteiger partial charge on any atom is -0.481 e. The fraction of sp³-hybridized carbons (Fsp3) is 0.533. The molecule has 1 saturated carbocycles. The van der Waals surface area contributed by atoms with Crippen LogP contribution in [0.4, 0.5) is 17.5 Å². The lowest BCUT2D eigenvalue weighted by Crippen LogP contribution is -2.46. The molecule has 0 bridgehead atoms. The topological polar surface area (TPSA) is 134 Å². The Hall–Kier alpha value is -3.86. The van der Waals surface area contributed by atoms with Crippen LogP contribution in [0.15, 0.2) is 29.3 Å². The van der Waals surface area contributed by atoms with Crippen LogP contribution in [0.25, 0.3) is 11.0 Å². The molecule has 2 fully saturated rings. The van der Waals surface area contributed by atoms with Gasteiger partial charge in [-0.25, -0.2) is 9.97 Å². The summed E-state index contributed by atoms with van der Waals surface area (Å²) in [7, 11) is 0. The lowest BCUT2D eigenvalue weighted by Gasteiger charge is -2.36. The van der Waals surface area contributed by atoms with E-state index in [9.17, 15) is 14.4 Å².